The van der Waals surface area contributed by atoms with Gasteiger partial charge in [-0.2, -0.15) is 13.2 Å². The van der Waals surface area contributed by atoms with Crippen molar-refractivity contribution in [3.8, 4) is 0 Å². The van der Waals surface area contributed by atoms with Crippen molar-refractivity contribution in [2.24, 2.45) is 0 Å². The molecule has 0 aromatic heterocycles. The van der Waals surface area contributed by atoms with E-state index in [1.54, 1.807) is 0 Å². The standard InChI is InChI=1S/C16H12F3NOS2/c17-16(18,19)13-8-6-12(7-9-13)14(21)20-15(22)23-10-11-4-2-1-3-5-11/h1-9H,10H2,(H,20,21,22). The highest BCUT2D eigenvalue weighted by Crippen LogP contribution is 2.29. The topological polar surface area (TPSA) is 29.1 Å². The molecule has 0 heterocycles. The number of amides is 1. The molecule has 2 nitrogen and oxygen atoms in total. The van der Waals surface area contributed by atoms with Crippen molar-refractivity contribution in [1.29, 1.82) is 0 Å². The average Bonchev–Trinajstić information content (AvgIpc) is 2.53. The molecule has 0 aliphatic rings. The van der Waals surface area contributed by atoms with E-state index in [4.69, 9.17) is 12.2 Å². The fourth-order valence-electron chi connectivity index (χ4n) is 1.73. The van der Waals surface area contributed by atoms with Gasteiger partial charge in [0.1, 0.15) is 4.32 Å². The number of halogens is 3. The zero-order chi connectivity index (χ0) is 16.9. The van der Waals surface area contributed by atoms with E-state index in [-0.39, 0.29) is 9.88 Å². The Morgan fingerprint density at radius 3 is 2.22 bits per heavy atom. The van der Waals surface area contributed by atoms with Gasteiger partial charge in [-0.3, -0.25) is 4.79 Å². The summed E-state index contributed by atoms with van der Waals surface area (Å²) in [6, 6.07) is 13.6. The second kappa shape index (κ2) is 7.61. The zero-order valence-corrected chi connectivity index (χ0v) is 13.4. The normalized spacial score (nSPS) is 11.1. The highest BCUT2D eigenvalue weighted by atomic mass is 32.2. The molecule has 1 N–H and O–H groups in total. The lowest BCUT2D eigenvalue weighted by Crippen LogP contribution is -2.27. The molecule has 0 unspecified atom stereocenters. The number of thioether (sulfide) groups is 1. The molecule has 23 heavy (non-hydrogen) atoms. The molecule has 2 aromatic carbocycles. The first-order valence-corrected chi connectivity index (χ1v) is 7.95. The first-order valence-electron chi connectivity index (χ1n) is 6.55. The number of carbonyl (C=O) groups is 1. The molecule has 120 valence electrons. The lowest BCUT2D eigenvalue weighted by atomic mass is 10.1. The number of alkyl halides is 3. The largest absolute Gasteiger partial charge is 0.416 e. The molecule has 0 saturated carbocycles. The second-order valence-corrected chi connectivity index (χ2v) is 6.24. The summed E-state index contributed by atoms with van der Waals surface area (Å²) in [6.45, 7) is 0. The van der Waals surface area contributed by atoms with Crippen molar-refractivity contribution >= 4 is 34.2 Å². The van der Waals surface area contributed by atoms with Crippen LogP contribution in [0.15, 0.2) is 54.6 Å². The Labute approximate surface area is 141 Å². The molecule has 0 radical (unpaired) electrons. The molecule has 0 aliphatic heterocycles. The summed E-state index contributed by atoms with van der Waals surface area (Å²) in [4.78, 5) is 11.9. The van der Waals surface area contributed by atoms with Crippen LogP contribution in [0.3, 0.4) is 0 Å². The smallest absolute Gasteiger partial charge is 0.307 e. The maximum Gasteiger partial charge on any atom is 0.416 e. The Kier molecular flexibility index (Phi) is 5.79. The van der Waals surface area contributed by atoms with Crippen molar-refractivity contribution in [3.05, 3.63) is 71.3 Å². The highest BCUT2D eigenvalue weighted by molar-refractivity contribution is 8.22. The van der Waals surface area contributed by atoms with E-state index in [1.807, 2.05) is 30.3 Å². The number of thiocarbonyl (C=S) groups is 1. The summed E-state index contributed by atoms with van der Waals surface area (Å²) in [7, 11) is 0. The zero-order valence-electron chi connectivity index (χ0n) is 11.8. The van der Waals surface area contributed by atoms with Gasteiger partial charge in [0, 0.05) is 11.3 Å². The number of rotatable bonds is 3. The lowest BCUT2D eigenvalue weighted by molar-refractivity contribution is -0.137. The van der Waals surface area contributed by atoms with Crippen LogP contribution in [0.2, 0.25) is 0 Å². The van der Waals surface area contributed by atoms with E-state index in [9.17, 15) is 18.0 Å². The minimum atomic E-state index is -4.42. The number of carbonyl (C=O) groups excluding carboxylic acids is 1. The van der Waals surface area contributed by atoms with Gasteiger partial charge in [-0.25, -0.2) is 0 Å². The van der Waals surface area contributed by atoms with E-state index >= 15 is 0 Å². The van der Waals surface area contributed by atoms with E-state index < -0.39 is 17.6 Å². The summed E-state index contributed by atoms with van der Waals surface area (Å²) in [5.74, 6) is 0.0803. The number of hydrogen-bond donors (Lipinski definition) is 1. The van der Waals surface area contributed by atoms with Crippen LogP contribution in [0.1, 0.15) is 21.5 Å². The SMILES string of the molecule is O=C(NC(=S)SCc1ccccc1)c1ccc(C(F)(F)F)cc1. The van der Waals surface area contributed by atoms with Crippen molar-refractivity contribution < 1.29 is 18.0 Å². The monoisotopic (exact) mass is 355 g/mol. The van der Waals surface area contributed by atoms with Crippen LogP contribution in [0.5, 0.6) is 0 Å². The summed E-state index contributed by atoms with van der Waals surface area (Å²) < 4.78 is 37.7. The van der Waals surface area contributed by atoms with Crippen molar-refractivity contribution in [2.75, 3.05) is 0 Å². The van der Waals surface area contributed by atoms with E-state index in [2.05, 4.69) is 5.32 Å². The minimum Gasteiger partial charge on any atom is -0.307 e. The van der Waals surface area contributed by atoms with Gasteiger partial charge < -0.3 is 5.32 Å². The summed E-state index contributed by atoms with van der Waals surface area (Å²) in [6.07, 6.45) is -4.42. The Morgan fingerprint density at radius 1 is 1.04 bits per heavy atom. The molecule has 0 fully saturated rings. The molecule has 0 aliphatic carbocycles. The van der Waals surface area contributed by atoms with E-state index in [0.29, 0.717) is 5.75 Å². The van der Waals surface area contributed by atoms with Gasteiger partial charge in [0.05, 0.1) is 5.56 Å². The number of nitrogens with one attached hydrogen (secondary N) is 1. The lowest BCUT2D eigenvalue weighted by Gasteiger charge is -2.09. The molecular weight excluding hydrogens is 343 g/mol. The summed E-state index contributed by atoms with van der Waals surface area (Å²) >= 11 is 6.34. The van der Waals surface area contributed by atoms with Crippen LogP contribution in [0.25, 0.3) is 0 Å². The van der Waals surface area contributed by atoms with Crippen LogP contribution in [-0.4, -0.2) is 10.2 Å². The predicted octanol–water partition coefficient (Wildman–Crippen LogP) is 4.65. The third-order valence-corrected chi connectivity index (χ3v) is 4.20. The predicted molar refractivity (Wildman–Crippen MR) is 89.2 cm³/mol. The molecule has 0 atom stereocenters. The maximum atomic E-state index is 12.5. The molecule has 2 aromatic rings. The molecule has 7 heteroatoms. The fourth-order valence-corrected chi connectivity index (χ4v) is 2.66. The van der Waals surface area contributed by atoms with Crippen LogP contribution in [0.4, 0.5) is 13.2 Å². The summed E-state index contributed by atoms with van der Waals surface area (Å²) in [5.41, 5.74) is 0.388. The van der Waals surface area contributed by atoms with Crippen LogP contribution >= 0.6 is 24.0 Å². The highest BCUT2D eigenvalue weighted by Gasteiger charge is 2.30. The van der Waals surface area contributed by atoms with Gasteiger partial charge in [-0.1, -0.05) is 54.3 Å². The van der Waals surface area contributed by atoms with Gasteiger partial charge in [0.25, 0.3) is 5.91 Å². The first-order chi connectivity index (χ1) is 10.9. The molecule has 0 saturated heterocycles. The quantitative estimate of drug-likeness (QED) is 0.813. The van der Waals surface area contributed by atoms with E-state index in [1.165, 1.54) is 11.8 Å². The fraction of sp³-hybridized carbons (Fsp3) is 0.125. The van der Waals surface area contributed by atoms with Crippen LogP contribution in [0, 0.1) is 0 Å². The van der Waals surface area contributed by atoms with Crippen molar-refractivity contribution in [2.45, 2.75) is 11.9 Å². The van der Waals surface area contributed by atoms with Crippen LogP contribution < -0.4 is 5.32 Å². The van der Waals surface area contributed by atoms with Gasteiger partial charge >= 0.3 is 6.18 Å². The minimum absolute atomic E-state index is 0.126. The van der Waals surface area contributed by atoms with Crippen molar-refractivity contribution in [3.63, 3.8) is 0 Å². The molecule has 0 spiro atoms. The second-order valence-electron chi connectivity index (χ2n) is 4.59. The van der Waals surface area contributed by atoms with Crippen LogP contribution in [-0.2, 0) is 11.9 Å². The third-order valence-electron chi connectivity index (χ3n) is 2.90. The maximum absolute atomic E-state index is 12.5. The molecule has 1 amide bonds. The van der Waals surface area contributed by atoms with E-state index in [0.717, 1.165) is 29.8 Å². The Hall–Kier alpha value is -1.86. The Bertz CT molecular complexity index is 685. The van der Waals surface area contributed by atoms with Gasteiger partial charge in [0.2, 0.25) is 0 Å². The molecule has 0 bridgehead atoms. The van der Waals surface area contributed by atoms with Gasteiger partial charge in [-0.15, -0.1) is 0 Å². The Balaban J connectivity index is 1.89. The average molecular weight is 355 g/mol. The number of benzene rings is 2. The third kappa shape index (κ3) is 5.37. The van der Waals surface area contributed by atoms with Crippen molar-refractivity contribution in [1.82, 2.24) is 5.32 Å². The molecule has 2 rings (SSSR count). The number of hydrogen-bond acceptors (Lipinski definition) is 3. The molecular formula is C16H12F3NOS2. The van der Waals surface area contributed by atoms with Gasteiger partial charge in [-0.05, 0) is 29.8 Å². The first kappa shape index (κ1) is 17.5. The van der Waals surface area contributed by atoms with Gasteiger partial charge in [0.15, 0.2) is 0 Å². The Morgan fingerprint density at radius 2 is 1.65 bits per heavy atom. The summed E-state index contributed by atoms with van der Waals surface area (Å²) in [5, 5.41) is 2.50.